The van der Waals surface area contributed by atoms with Gasteiger partial charge < -0.3 is 29.2 Å². The van der Waals surface area contributed by atoms with Crippen molar-refractivity contribution in [1.82, 2.24) is 4.90 Å². The van der Waals surface area contributed by atoms with E-state index in [-0.39, 0.29) is 30.5 Å². The summed E-state index contributed by atoms with van der Waals surface area (Å²) in [6.07, 6.45) is 4.49. The van der Waals surface area contributed by atoms with Crippen molar-refractivity contribution in [1.29, 1.82) is 0 Å². The van der Waals surface area contributed by atoms with Crippen molar-refractivity contribution in [2.24, 2.45) is 45.8 Å². The van der Waals surface area contributed by atoms with E-state index in [0.717, 1.165) is 31.1 Å². The Hall–Kier alpha value is -1.32. The lowest BCUT2D eigenvalue weighted by Crippen LogP contribution is -2.63. The Morgan fingerprint density at radius 1 is 1.28 bits per heavy atom. The molecule has 0 aromatic carbocycles. The molecule has 5 aliphatic rings. The largest absolute Gasteiger partial charge is 0.481 e. The van der Waals surface area contributed by atoms with E-state index in [4.69, 9.17) is 14.2 Å². The van der Waals surface area contributed by atoms with Crippen molar-refractivity contribution < 1.29 is 34.0 Å². The molecule has 3 unspecified atom stereocenters. The fraction of sp³-hybridized carbons (Fsp3) is 0.857. The van der Waals surface area contributed by atoms with Crippen molar-refractivity contribution in [2.45, 2.75) is 71.9 Å². The number of fused-ring (bicyclic) bond motifs is 2. The van der Waals surface area contributed by atoms with Crippen molar-refractivity contribution in [3.63, 3.8) is 0 Å². The quantitative estimate of drug-likeness (QED) is 0.383. The predicted molar refractivity (Wildman–Crippen MR) is 132 cm³/mol. The van der Waals surface area contributed by atoms with Crippen LogP contribution in [0.2, 0.25) is 0 Å². The normalized spacial score (nSPS) is 48.1. The maximum atomic E-state index is 13.5. The Kier molecular flexibility index (Phi) is 6.69. The maximum Gasteiger partial charge on any atom is 0.315 e. The number of carbonyl (C=O) groups excluding carboxylic acids is 1. The zero-order valence-electron chi connectivity index (χ0n) is 22.3. The van der Waals surface area contributed by atoms with Crippen LogP contribution in [-0.4, -0.2) is 79.4 Å². The molecule has 0 amide bonds. The fourth-order valence-corrected chi connectivity index (χ4v) is 9.45. The Labute approximate surface area is 214 Å². The van der Waals surface area contributed by atoms with Gasteiger partial charge in [-0.15, -0.1) is 0 Å². The van der Waals surface area contributed by atoms with E-state index < -0.39 is 34.6 Å². The number of methoxy groups -OCH3 is 1. The summed E-state index contributed by atoms with van der Waals surface area (Å²) in [5.41, 5.74) is -2.04. The highest BCUT2D eigenvalue weighted by atomic mass is 16.7. The molecule has 1 aliphatic heterocycles. The summed E-state index contributed by atoms with van der Waals surface area (Å²) in [5, 5.41) is 22.1. The number of nitrogens with zero attached hydrogens (tertiary/aromatic N) is 1. The molecule has 0 radical (unpaired) electrons. The summed E-state index contributed by atoms with van der Waals surface area (Å²) in [6.45, 7) is 9.76. The monoisotopic (exact) mass is 505 g/mol. The Balaban J connectivity index is 1.53. The van der Waals surface area contributed by atoms with Crippen LogP contribution in [0.1, 0.15) is 53.4 Å². The fourth-order valence-electron chi connectivity index (χ4n) is 9.45. The molecule has 0 aromatic heterocycles. The number of aliphatic carboxylic acids is 1. The van der Waals surface area contributed by atoms with Gasteiger partial charge in [0.05, 0.1) is 24.9 Å². The summed E-state index contributed by atoms with van der Waals surface area (Å²) >= 11 is 0. The summed E-state index contributed by atoms with van der Waals surface area (Å²) in [4.78, 5) is 28.6. The van der Waals surface area contributed by atoms with Crippen LogP contribution in [0.4, 0.5) is 0 Å². The second-order valence-electron chi connectivity index (χ2n) is 12.6. The molecule has 1 heterocycles. The lowest BCUT2D eigenvalue weighted by Gasteiger charge is -2.58. The molecule has 36 heavy (non-hydrogen) atoms. The maximum absolute atomic E-state index is 13.5. The number of carbonyl (C=O) groups is 2. The van der Waals surface area contributed by atoms with Crippen LogP contribution in [0.5, 0.6) is 0 Å². The van der Waals surface area contributed by atoms with Crippen LogP contribution >= 0.6 is 0 Å². The molecule has 4 fully saturated rings. The van der Waals surface area contributed by atoms with Gasteiger partial charge in [0.15, 0.2) is 6.29 Å². The smallest absolute Gasteiger partial charge is 0.315 e. The molecule has 8 heteroatoms. The number of hydrogen-bond acceptors (Lipinski definition) is 7. The van der Waals surface area contributed by atoms with Crippen LogP contribution in [-0.2, 0) is 23.8 Å². The number of carboxylic acids is 1. The first-order chi connectivity index (χ1) is 17.1. The van der Waals surface area contributed by atoms with Crippen molar-refractivity contribution in [3.8, 4) is 0 Å². The number of aliphatic hydroxyl groups is 1. The van der Waals surface area contributed by atoms with Crippen LogP contribution in [0.25, 0.3) is 0 Å². The van der Waals surface area contributed by atoms with Gasteiger partial charge in [-0.3, -0.25) is 9.69 Å². The number of allylic oxidation sites excluding steroid dienone is 1. The highest BCUT2D eigenvalue weighted by Crippen LogP contribution is 2.82. The topological polar surface area (TPSA) is 106 Å². The first-order valence-corrected chi connectivity index (χ1v) is 13.7. The molecule has 3 saturated carbocycles. The number of hydrogen-bond donors (Lipinski definition) is 2. The third kappa shape index (κ3) is 3.30. The summed E-state index contributed by atoms with van der Waals surface area (Å²) in [7, 11) is 1.62. The first kappa shape index (κ1) is 26.3. The van der Waals surface area contributed by atoms with E-state index in [2.05, 4.69) is 13.0 Å². The van der Waals surface area contributed by atoms with Crippen molar-refractivity contribution in [2.75, 3.05) is 33.5 Å². The molecular weight excluding hydrogens is 462 g/mol. The number of rotatable bonds is 8. The third-order valence-corrected chi connectivity index (χ3v) is 10.6. The molecule has 2 N–H and O–H groups in total. The molecule has 10 atom stereocenters. The Morgan fingerprint density at radius 3 is 2.67 bits per heavy atom. The molecular formula is C28H43NO7. The van der Waals surface area contributed by atoms with Gasteiger partial charge in [-0.2, -0.15) is 0 Å². The van der Waals surface area contributed by atoms with E-state index in [1.807, 2.05) is 25.7 Å². The van der Waals surface area contributed by atoms with Crippen molar-refractivity contribution >= 4 is 12.3 Å². The Morgan fingerprint density at radius 2 is 2.03 bits per heavy atom. The summed E-state index contributed by atoms with van der Waals surface area (Å²) in [6, 6.07) is 0. The van der Waals surface area contributed by atoms with E-state index >= 15 is 0 Å². The lowest BCUT2D eigenvalue weighted by atomic mass is 9.43. The summed E-state index contributed by atoms with van der Waals surface area (Å²) in [5.74, 6) is -0.0845. The molecule has 0 aromatic rings. The third-order valence-electron chi connectivity index (χ3n) is 10.6. The van der Waals surface area contributed by atoms with Gasteiger partial charge in [0, 0.05) is 25.6 Å². The minimum atomic E-state index is -1.28. The number of β-amino-alcohol motifs (C(OH)–C–C–N with tert-alkyl or cyclic N) is 1. The average Bonchev–Trinajstić information content (AvgIpc) is 3.34. The van der Waals surface area contributed by atoms with Crippen LogP contribution in [0.3, 0.4) is 0 Å². The number of aliphatic hydroxyl groups excluding tert-OH is 1. The second kappa shape index (κ2) is 9.16. The van der Waals surface area contributed by atoms with Crippen LogP contribution < -0.4 is 0 Å². The molecule has 4 bridgehead atoms. The number of carboxylic acid groups (broad SMARTS) is 1. The lowest BCUT2D eigenvalue weighted by molar-refractivity contribution is -0.235. The van der Waals surface area contributed by atoms with Crippen LogP contribution in [0.15, 0.2) is 11.6 Å². The van der Waals surface area contributed by atoms with Gasteiger partial charge in [-0.25, -0.2) is 0 Å². The molecule has 4 aliphatic carbocycles. The number of aldehydes is 1. The number of ether oxygens (including phenoxy) is 3. The predicted octanol–water partition coefficient (Wildman–Crippen LogP) is 2.94. The minimum Gasteiger partial charge on any atom is -0.481 e. The van der Waals surface area contributed by atoms with Gasteiger partial charge >= 0.3 is 5.97 Å². The van der Waals surface area contributed by atoms with Gasteiger partial charge in [-0.1, -0.05) is 38.8 Å². The molecule has 202 valence electrons. The van der Waals surface area contributed by atoms with Crippen LogP contribution in [0, 0.1) is 45.8 Å². The zero-order chi connectivity index (χ0) is 26.0. The van der Waals surface area contributed by atoms with Gasteiger partial charge in [-0.05, 0) is 55.8 Å². The highest BCUT2D eigenvalue weighted by Gasteiger charge is 2.84. The van der Waals surface area contributed by atoms with Gasteiger partial charge in [0.25, 0.3) is 0 Å². The van der Waals surface area contributed by atoms with Crippen molar-refractivity contribution in [3.05, 3.63) is 11.6 Å². The molecule has 8 nitrogen and oxygen atoms in total. The average molecular weight is 506 g/mol. The van der Waals surface area contributed by atoms with E-state index in [1.54, 1.807) is 7.11 Å². The molecule has 5 rings (SSSR count). The second-order valence-corrected chi connectivity index (χ2v) is 12.6. The van der Waals surface area contributed by atoms with Gasteiger partial charge in [0.2, 0.25) is 0 Å². The first-order valence-electron chi connectivity index (χ1n) is 13.7. The SMILES string of the molecule is COCN1C[C@@H](C)O[C@@H](OCC23C[C@@H]4[C@H](C)CC[C@H]4C4(C=O)CC2C=C(C(C)C)[C@@]34C(=O)O)[C@@H](O)C1. The molecule has 1 saturated heterocycles. The highest BCUT2D eigenvalue weighted by molar-refractivity contribution is 5.90. The minimum absolute atomic E-state index is 0.0165. The van der Waals surface area contributed by atoms with E-state index in [1.165, 1.54) is 0 Å². The Bertz CT molecular complexity index is 922. The summed E-state index contributed by atoms with van der Waals surface area (Å²) < 4.78 is 17.8. The standard InChI is InChI=1S/C28H43NO7/c1-16(2)22-8-19-9-26(13-30)21-7-6-17(3)20(21)10-27(19,28(22,26)25(32)33)14-35-24-23(31)12-29(15-34-5)11-18(4)36-24/h8,13,16-21,23-24,31H,6-7,9-12,14-15H2,1-5H3,(H,32,33)/t17-,18-,19?,20-,21-,23+,24-,26?,27?,28+/m1/s1. The van der Waals surface area contributed by atoms with E-state index in [0.29, 0.717) is 38.1 Å². The zero-order valence-corrected chi connectivity index (χ0v) is 22.3. The van der Waals surface area contributed by atoms with E-state index in [9.17, 15) is 19.8 Å². The van der Waals surface area contributed by atoms with Gasteiger partial charge in [0.1, 0.15) is 17.8 Å². The molecule has 0 spiro atoms.